The van der Waals surface area contributed by atoms with Crippen LogP contribution in [0.5, 0.6) is 0 Å². The molecule has 1 aromatic carbocycles. The Morgan fingerprint density at radius 2 is 1.91 bits per heavy atom. The normalized spacial score (nSPS) is 14.5. The standard InChI is InChI=1S/C17H24N2O3/c1-2-3-13-22-17(21)18-15-10-6-5-9-14(15)16(20)19-11-7-4-8-12-19/h5-6,9-10H,2-4,7-8,11-13H2,1H3,(H,18,21). The minimum atomic E-state index is -0.507. The van der Waals surface area contributed by atoms with E-state index in [-0.39, 0.29) is 5.91 Å². The number of benzene rings is 1. The number of nitrogens with one attached hydrogen (secondary N) is 1. The lowest BCUT2D eigenvalue weighted by molar-refractivity contribution is 0.0725. The number of ether oxygens (including phenoxy) is 1. The van der Waals surface area contributed by atoms with E-state index in [2.05, 4.69) is 5.32 Å². The number of rotatable bonds is 5. The van der Waals surface area contributed by atoms with Gasteiger partial charge in [0.1, 0.15) is 0 Å². The van der Waals surface area contributed by atoms with Crippen molar-refractivity contribution >= 4 is 17.7 Å². The summed E-state index contributed by atoms with van der Waals surface area (Å²) >= 11 is 0. The molecule has 1 saturated heterocycles. The lowest BCUT2D eigenvalue weighted by Crippen LogP contribution is -2.36. The number of carbonyl (C=O) groups is 2. The van der Waals surface area contributed by atoms with Crippen molar-refractivity contribution in [3.8, 4) is 0 Å². The first-order valence-corrected chi connectivity index (χ1v) is 8.04. The van der Waals surface area contributed by atoms with Crippen molar-refractivity contribution in [3.63, 3.8) is 0 Å². The summed E-state index contributed by atoms with van der Waals surface area (Å²) in [5, 5.41) is 2.68. The van der Waals surface area contributed by atoms with E-state index in [0.29, 0.717) is 17.9 Å². The molecular formula is C17H24N2O3. The lowest BCUT2D eigenvalue weighted by atomic mass is 10.1. The minimum Gasteiger partial charge on any atom is -0.449 e. The number of unbranched alkanes of at least 4 members (excludes halogenated alkanes) is 1. The van der Waals surface area contributed by atoms with Crippen molar-refractivity contribution < 1.29 is 14.3 Å². The van der Waals surface area contributed by atoms with Crippen LogP contribution in [0.2, 0.25) is 0 Å². The first kappa shape index (κ1) is 16.3. The Hall–Kier alpha value is -2.04. The molecule has 120 valence electrons. The van der Waals surface area contributed by atoms with Gasteiger partial charge in [0.25, 0.3) is 5.91 Å². The van der Waals surface area contributed by atoms with Gasteiger partial charge in [-0.3, -0.25) is 10.1 Å². The highest BCUT2D eigenvalue weighted by Gasteiger charge is 2.21. The molecule has 0 aromatic heterocycles. The number of amides is 2. The summed E-state index contributed by atoms with van der Waals surface area (Å²) in [5.41, 5.74) is 1.04. The van der Waals surface area contributed by atoms with Crippen LogP contribution in [0, 0.1) is 0 Å². The molecule has 1 fully saturated rings. The number of likely N-dealkylation sites (tertiary alicyclic amines) is 1. The van der Waals surface area contributed by atoms with Crippen LogP contribution < -0.4 is 5.32 Å². The van der Waals surface area contributed by atoms with Gasteiger partial charge in [-0.05, 0) is 37.8 Å². The Morgan fingerprint density at radius 1 is 1.18 bits per heavy atom. The molecule has 0 radical (unpaired) electrons. The molecule has 2 amide bonds. The molecule has 0 bridgehead atoms. The maximum absolute atomic E-state index is 12.6. The van der Waals surface area contributed by atoms with Gasteiger partial charge in [-0.1, -0.05) is 25.5 Å². The molecule has 0 saturated carbocycles. The van der Waals surface area contributed by atoms with E-state index in [0.717, 1.165) is 38.8 Å². The second kappa shape index (κ2) is 8.41. The average molecular weight is 304 g/mol. The van der Waals surface area contributed by atoms with Crippen LogP contribution in [-0.4, -0.2) is 36.6 Å². The molecule has 0 spiro atoms. The van der Waals surface area contributed by atoms with E-state index in [1.807, 2.05) is 17.9 Å². The summed E-state index contributed by atoms with van der Waals surface area (Å²) in [6.07, 6.45) is 4.56. The zero-order valence-corrected chi connectivity index (χ0v) is 13.1. The fourth-order valence-corrected chi connectivity index (χ4v) is 2.50. The molecule has 5 heteroatoms. The number of carbonyl (C=O) groups excluding carboxylic acids is 2. The van der Waals surface area contributed by atoms with Crippen molar-refractivity contribution in [1.82, 2.24) is 4.90 Å². The van der Waals surface area contributed by atoms with Crippen LogP contribution in [0.15, 0.2) is 24.3 Å². The van der Waals surface area contributed by atoms with Crippen LogP contribution in [-0.2, 0) is 4.74 Å². The first-order valence-electron chi connectivity index (χ1n) is 8.04. The molecule has 5 nitrogen and oxygen atoms in total. The van der Waals surface area contributed by atoms with Crippen molar-refractivity contribution in [2.24, 2.45) is 0 Å². The fraction of sp³-hybridized carbons (Fsp3) is 0.529. The maximum atomic E-state index is 12.6. The van der Waals surface area contributed by atoms with Gasteiger partial charge in [-0.2, -0.15) is 0 Å². The van der Waals surface area contributed by atoms with E-state index in [4.69, 9.17) is 4.74 Å². The Kier molecular flexibility index (Phi) is 6.25. The number of para-hydroxylation sites is 1. The van der Waals surface area contributed by atoms with E-state index in [1.165, 1.54) is 6.42 Å². The van der Waals surface area contributed by atoms with Gasteiger partial charge in [-0.15, -0.1) is 0 Å². The van der Waals surface area contributed by atoms with Gasteiger partial charge in [0, 0.05) is 13.1 Å². The molecular weight excluding hydrogens is 280 g/mol. The molecule has 0 atom stereocenters. The van der Waals surface area contributed by atoms with Crippen LogP contribution in [0.3, 0.4) is 0 Å². The van der Waals surface area contributed by atoms with Crippen LogP contribution in [0.25, 0.3) is 0 Å². The summed E-state index contributed by atoms with van der Waals surface area (Å²) < 4.78 is 5.09. The van der Waals surface area contributed by atoms with Gasteiger partial charge in [0.15, 0.2) is 0 Å². The lowest BCUT2D eigenvalue weighted by Gasteiger charge is -2.27. The number of piperidine rings is 1. The van der Waals surface area contributed by atoms with Gasteiger partial charge >= 0.3 is 6.09 Å². The maximum Gasteiger partial charge on any atom is 0.411 e. The van der Waals surface area contributed by atoms with Gasteiger partial charge in [0.05, 0.1) is 17.9 Å². The third-order valence-electron chi connectivity index (χ3n) is 3.77. The number of hydrogen-bond acceptors (Lipinski definition) is 3. The summed E-state index contributed by atoms with van der Waals surface area (Å²) in [4.78, 5) is 26.2. The highest BCUT2D eigenvalue weighted by atomic mass is 16.5. The third kappa shape index (κ3) is 4.48. The highest BCUT2D eigenvalue weighted by Crippen LogP contribution is 2.20. The first-order chi connectivity index (χ1) is 10.7. The zero-order valence-electron chi connectivity index (χ0n) is 13.1. The monoisotopic (exact) mass is 304 g/mol. The second-order valence-electron chi connectivity index (χ2n) is 5.51. The highest BCUT2D eigenvalue weighted by molar-refractivity contribution is 6.02. The molecule has 0 unspecified atom stereocenters. The Balaban J connectivity index is 2.02. The van der Waals surface area contributed by atoms with Crippen LogP contribution in [0.1, 0.15) is 49.4 Å². The van der Waals surface area contributed by atoms with Gasteiger partial charge in [-0.25, -0.2) is 4.79 Å². The largest absolute Gasteiger partial charge is 0.449 e. The van der Waals surface area contributed by atoms with Crippen molar-refractivity contribution in [3.05, 3.63) is 29.8 Å². The van der Waals surface area contributed by atoms with Crippen molar-refractivity contribution in [1.29, 1.82) is 0 Å². The molecule has 1 aromatic rings. The van der Waals surface area contributed by atoms with E-state index >= 15 is 0 Å². The third-order valence-corrected chi connectivity index (χ3v) is 3.77. The molecule has 2 rings (SSSR count). The molecule has 0 aliphatic carbocycles. The van der Waals surface area contributed by atoms with E-state index in [9.17, 15) is 9.59 Å². The summed E-state index contributed by atoms with van der Waals surface area (Å²) in [7, 11) is 0. The van der Waals surface area contributed by atoms with Gasteiger partial charge in [0.2, 0.25) is 0 Å². The SMILES string of the molecule is CCCCOC(=O)Nc1ccccc1C(=O)N1CCCCC1. The predicted molar refractivity (Wildman–Crippen MR) is 86.1 cm³/mol. The number of hydrogen-bond donors (Lipinski definition) is 1. The second-order valence-corrected chi connectivity index (χ2v) is 5.51. The Labute approximate surface area is 131 Å². The summed E-state index contributed by atoms with van der Waals surface area (Å²) in [5.74, 6) is -0.0239. The minimum absolute atomic E-state index is 0.0239. The molecule has 1 aliphatic rings. The Bertz CT molecular complexity index is 510. The molecule has 1 heterocycles. The summed E-state index contributed by atoms with van der Waals surface area (Å²) in [6.45, 7) is 4.00. The smallest absolute Gasteiger partial charge is 0.411 e. The fourth-order valence-electron chi connectivity index (χ4n) is 2.50. The van der Waals surface area contributed by atoms with Gasteiger partial charge < -0.3 is 9.64 Å². The average Bonchev–Trinajstić information content (AvgIpc) is 2.56. The number of anilines is 1. The summed E-state index contributed by atoms with van der Waals surface area (Å²) in [6, 6.07) is 7.09. The quantitative estimate of drug-likeness (QED) is 0.845. The number of nitrogens with zero attached hydrogens (tertiary/aromatic N) is 1. The molecule has 22 heavy (non-hydrogen) atoms. The predicted octanol–water partition coefficient (Wildman–Crippen LogP) is 3.66. The van der Waals surface area contributed by atoms with Crippen molar-refractivity contribution in [2.75, 3.05) is 25.0 Å². The topological polar surface area (TPSA) is 58.6 Å². The van der Waals surface area contributed by atoms with Crippen LogP contribution >= 0.6 is 0 Å². The zero-order chi connectivity index (χ0) is 15.8. The van der Waals surface area contributed by atoms with Crippen LogP contribution in [0.4, 0.5) is 10.5 Å². The van der Waals surface area contributed by atoms with E-state index in [1.54, 1.807) is 18.2 Å². The molecule has 1 N–H and O–H groups in total. The van der Waals surface area contributed by atoms with E-state index < -0.39 is 6.09 Å². The Morgan fingerprint density at radius 3 is 2.64 bits per heavy atom. The van der Waals surface area contributed by atoms with Crippen molar-refractivity contribution in [2.45, 2.75) is 39.0 Å². The molecule has 1 aliphatic heterocycles.